The first-order valence-electron chi connectivity index (χ1n) is 7.89. The Balaban J connectivity index is 3.47. The Kier molecular flexibility index (Phi) is 6.74. The Labute approximate surface area is 156 Å². The van der Waals surface area contributed by atoms with Crippen LogP contribution in [0.15, 0.2) is 12.1 Å². The van der Waals surface area contributed by atoms with Crippen LogP contribution >= 0.6 is 0 Å². The number of ether oxygens (including phenoxy) is 4. The standard InChI is InChI=1S/C17H24N2O8/c1-16(2,3)27-15(21)17(18,14(20)26-6)9-10-7-13(25-5)11(19(22)23)8-12(10)24-4/h7-8H,9,18H2,1-6H3. The van der Waals surface area contributed by atoms with Crippen molar-refractivity contribution in [3.05, 3.63) is 27.8 Å². The van der Waals surface area contributed by atoms with Crippen molar-refractivity contribution >= 4 is 17.6 Å². The molecule has 0 bridgehead atoms. The van der Waals surface area contributed by atoms with E-state index >= 15 is 0 Å². The Morgan fingerprint density at radius 2 is 1.63 bits per heavy atom. The van der Waals surface area contributed by atoms with E-state index in [1.807, 2.05) is 0 Å². The zero-order valence-electron chi connectivity index (χ0n) is 16.2. The topological polar surface area (TPSA) is 140 Å². The van der Waals surface area contributed by atoms with E-state index in [2.05, 4.69) is 4.74 Å². The zero-order valence-corrected chi connectivity index (χ0v) is 16.2. The van der Waals surface area contributed by atoms with Gasteiger partial charge in [0.05, 0.1) is 32.3 Å². The number of esters is 2. The molecule has 10 nitrogen and oxygen atoms in total. The van der Waals surface area contributed by atoms with E-state index in [4.69, 9.17) is 19.9 Å². The van der Waals surface area contributed by atoms with E-state index in [9.17, 15) is 19.7 Å². The quantitative estimate of drug-likeness (QED) is 0.319. The minimum atomic E-state index is -2.18. The molecule has 27 heavy (non-hydrogen) atoms. The molecule has 0 heterocycles. The predicted octanol–water partition coefficient (Wildman–Crippen LogP) is 1.37. The first-order chi connectivity index (χ1) is 12.4. The summed E-state index contributed by atoms with van der Waals surface area (Å²) in [7, 11) is 3.63. The fourth-order valence-electron chi connectivity index (χ4n) is 2.31. The van der Waals surface area contributed by atoms with Crippen molar-refractivity contribution in [1.82, 2.24) is 0 Å². The van der Waals surface area contributed by atoms with Gasteiger partial charge in [0.1, 0.15) is 11.4 Å². The molecule has 0 saturated heterocycles. The van der Waals surface area contributed by atoms with Crippen molar-refractivity contribution in [3.8, 4) is 11.5 Å². The number of hydrogen-bond donors (Lipinski definition) is 1. The number of hydrogen-bond acceptors (Lipinski definition) is 9. The SMILES string of the molecule is COC(=O)C(N)(Cc1cc(OC)c([N+](=O)[O-])cc1OC)C(=O)OC(C)(C)C. The van der Waals surface area contributed by atoms with E-state index < -0.39 is 28.0 Å². The van der Waals surface area contributed by atoms with Crippen molar-refractivity contribution in [3.63, 3.8) is 0 Å². The van der Waals surface area contributed by atoms with Crippen LogP contribution in [-0.4, -0.2) is 49.3 Å². The molecule has 1 rings (SSSR count). The molecular weight excluding hydrogens is 360 g/mol. The summed E-state index contributed by atoms with van der Waals surface area (Å²) in [5.74, 6) is -2.03. The lowest BCUT2D eigenvalue weighted by Gasteiger charge is -2.29. The number of carbonyl (C=O) groups is 2. The summed E-state index contributed by atoms with van der Waals surface area (Å²) in [6, 6.07) is 2.41. The minimum absolute atomic E-state index is 0.0600. The summed E-state index contributed by atoms with van der Waals surface area (Å²) < 4.78 is 20.1. The number of benzene rings is 1. The van der Waals surface area contributed by atoms with Crippen molar-refractivity contribution < 1.29 is 33.5 Å². The van der Waals surface area contributed by atoms with Gasteiger partial charge in [0.25, 0.3) is 0 Å². The molecule has 0 spiro atoms. The van der Waals surface area contributed by atoms with Gasteiger partial charge >= 0.3 is 17.6 Å². The van der Waals surface area contributed by atoms with Crippen LogP contribution in [0.2, 0.25) is 0 Å². The molecule has 0 fully saturated rings. The number of nitro groups is 1. The maximum atomic E-state index is 12.6. The highest BCUT2D eigenvalue weighted by molar-refractivity contribution is 6.05. The van der Waals surface area contributed by atoms with Crippen LogP contribution in [0.1, 0.15) is 26.3 Å². The van der Waals surface area contributed by atoms with Crippen LogP contribution in [0.25, 0.3) is 0 Å². The summed E-state index contributed by atoms with van der Waals surface area (Å²) in [6.45, 7) is 4.87. The third-order valence-corrected chi connectivity index (χ3v) is 3.56. The largest absolute Gasteiger partial charge is 0.496 e. The van der Waals surface area contributed by atoms with Crippen LogP contribution in [0, 0.1) is 10.1 Å². The number of nitrogens with two attached hydrogens (primary N) is 1. The third-order valence-electron chi connectivity index (χ3n) is 3.56. The van der Waals surface area contributed by atoms with Crippen molar-refractivity contribution in [2.24, 2.45) is 5.73 Å². The molecule has 0 aromatic heterocycles. The van der Waals surface area contributed by atoms with Crippen LogP contribution in [0.5, 0.6) is 11.5 Å². The number of nitro benzene ring substituents is 1. The first kappa shape index (κ1) is 22.2. The molecule has 1 aromatic carbocycles. The second kappa shape index (κ2) is 8.21. The van der Waals surface area contributed by atoms with Gasteiger partial charge in [-0.3, -0.25) is 10.1 Å². The van der Waals surface area contributed by atoms with Gasteiger partial charge in [-0.15, -0.1) is 0 Å². The lowest BCUT2D eigenvalue weighted by molar-refractivity contribution is -0.385. The van der Waals surface area contributed by atoms with Gasteiger partial charge in [-0.1, -0.05) is 0 Å². The maximum absolute atomic E-state index is 12.6. The van der Waals surface area contributed by atoms with Gasteiger partial charge in [-0.05, 0) is 26.8 Å². The highest BCUT2D eigenvalue weighted by atomic mass is 16.6. The van der Waals surface area contributed by atoms with E-state index in [0.29, 0.717) is 0 Å². The third kappa shape index (κ3) is 5.07. The van der Waals surface area contributed by atoms with Crippen molar-refractivity contribution in [2.45, 2.75) is 38.3 Å². The van der Waals surface area contributed by atoms with E-state index in [-0.39, 0.29) is 29.2 Å². The number of rotatable bonds is 7. The zero-order chi connectivity index (χ0) is 21.0. The highest BCUT2D eigenvalue weighted by Gasteiger charge is 2.47. The van der Waals surface area contributed by atoms with Gasteiger partial charge in [0.2, 0.25) is 5.54 Å². The molecule has 0 aliphatic heterocycles. The van der Waals surface area contributed by atoms with Gasteiger partial charge < -0.3 is 24.7 Å². The van der Waals surface area contributed by atoms with Crippen molar-refractivity contribution in [1.29, 1.82) is 0 Å². The number of carbonyl (C=O) groups excluding carboxylic acids is 2. The molecule has 0 saturated carbocycles. The molecule has 1 atom stereocenters. The second-order valence-corrected chi connectivity index (χ2v) is 6.73. The van der Waals surface area contributed by atoms with Crippen LogP contribution in [-0.2, 0) is 25.5 Å². The number of nitrogens with zero attached hydrogens (tertiary/aromatic N) is 1. The Hall–Kier alpha value is -2.88. The molecule has 0 aliphatic carbocycles. The molecule has 0 amide bonds. The molecular formula is C17H24N2O8. The second-order valence-electron chi connectivity index (χ2n) is 6.73. The van der Waals surface area contributed by atoms with Gasteiger partial charge in [-0.25, -0.2) is 9.59 Å². The molecule has 1 unspecified atom stereocenters. The normalized spacial score (nSPS) is 13.3. The molecule has 2 N–H and O–H groups in total. The Morgan fingerprint density at radius 1 is 1.07 bits per heavy atom. The first-order valence-corrected chi connectivity index (χ1v) is 7.89. The predicted molar refractivity (Wildman–Crippen MR) is 94.7 cm³/mol. The van der Waals surface area contributed by atoms with Crippen LogP contribution in [0.4, 0.5) is 5.69 Å². The summed E-state index contributed by atoms with van der Waals surface area (Å²) >= 11 is 0. The monoisotopic (exact) mass is 384 g/mol. The fourth-order valence-corrected chi connectivity index (χ4v) is 2.31. The fraction of sp³-hybridized carbons (Fsp3) is 0.529. The lowest BCUT2D eigenvalue weighted by Crippen LogP contribution is -2.59. The van der Waals surface area contributed by atoms with Gasteiger partial charge in [-0.2, -0.15) is 0 Å². The number of methoxy groups -OCH3 is 3. The average molecular weight is 384 g/mol. The smallest absolute Gasteiger partial charge is 0.338 e. The Bertz CT molecular complexity index is 741. The minimum Gasteiger partial charge on any atom is -0.496 e. The van der Waals surface area contributed by atoms with E-state index in [1.54, 1.807) is 20.8 Å². The lowest BCUT2D eigenvalue weighted by atomic mass is 9.90. The van der Waals surface area contributed by atoms with E-state index in [0.717, 1.165) is 13.2 Å². The molecule has 0 radical (unpaired) electrons. The average Bonchev–Trinajstić information content (AvgIpc) is 2.58. The Morgan fingerprint density at radius 3 is 2.04 bits per heavy atom. The van der Waals surface area contributed by atoms with Crippen LogP contribution < -0.4 is 15.2 Å². The van der Waals surface area contributed by atoms with Crippen molar-refractivity contribution in [2.75, 3.05) is 21.3 Å². The summed E-state index contributed by atoms with van der Waals surface area (Å²) in [6.07, 6.45) is -0.383. The molecule has 1 aromatic rings. The summed E-state index contributed by atoms with van der Waals surface area (Å²) in [5.41, 5.74) is 2.89. The molecule has 10 heteroatoms. The molecule has 150 valence electrons. The summed E-state index contributed by atoms with van der Waals surface area (Å²) in [5, 5.41) is 11.2. The highest BCUT2D eigenvalue weighted by Crippen LogP contribution is 2.36. The van der Waals surface area contributed by atoms with Gasteiger partial charge in [0.15, 0.2) is 5.75 Å². The van der Waals surface area contributed by atoms with Crippen LogP contribution in [0.3, 0.4) is 0 Å². The summed E-state index contributed by atoms with van der Waals surface area (Å²) in [4.78, 5) is 35.4. The van der Waals surface area contributed by atoms with E-state index in [1.165, 1.54) is 20.3 Å². The molecule has 0 aliphatic rings. The van der Waals surface area contributed by atoms with Gasteiger partial charge in [0, 0.05) is 12.0 Å². The maximum Gasteiger partial charge on any atom is 0.338 e.